The fraction of sp³-hybridized carbons (Fsp3) is 0.455. The Kier molecular flexibility index (Phi) is 4.71. The number of hydrogen-bond acceptors (Lipinski definition) is 3. The molecule has 0 saturated heterocycles. The van der Waals surface area contributed by atoms with Gasteiger partial charge in [-0.1, -0.05) is 31.4 Å². The van der Waals surface area contributed by atoms with Crippen LogP contribution in [0.2, 0.25) is 5.02 Å². The summed E-state index contributed by atoms with van der Waals surface area (Å²) in [4.78, 5) is 10.4. The quantitative estimate of drug-likeness (QED) is 0.635. The Bertz CT molecular complexity index is 382. The van der Waals surface area contributed by atoms with E-state index in [0.29, 0.717) is 10.6 Å². The van der Waals surface area contributed by atoms with Crippen molar-refractivity contribution in [3.05, 3.63) is 38.9 Å². The minimum absolute atomic E-state index is 0.0491. The minimum atomic E-state index is -0.419. The highest BCUT2D eigenvalue weighted by atomic mass is 35.5. The third kappa shape index (κ3) is 3.18. The molecule has 0 heterocycles. The summed E-state index contributed by atoms with van der Waals surface area (Å²) in [6.07, 6.45) is 2.70. The Balaban J connectivity index is 2.99. The zero-order valence-electron chi connectivity index (χ0n) is 9.15. The Morgan fingerprint density at radius 1 is 1.56 bits per heavy atom. The van der Waals surface area contributed by atoms with Crippen molar-refractivity contribution in [2.75, 3.05) is 0 Å². The molecule has 0 amide bonds. The van der Waals surface area contributed by atoms with E-state index in [-0.39, 0.29) is 11.7 Å². The highest BCUT2D eigenvalue weighted by molar-refractivity contribution is 6.30. The third-order valence-electron chi connectivity index (χ3n) is 2.45. The summed E-state index contributed by atoms with van der Waals surface area (Å²) in [6, 6.07) is 4.18. The monoisotopic (exact) mass is 242 g/mol. The summed E-state index contributed by atoms with van der Waals surface area (Å²) in [5, 5.41) is 11.3. The topological polar surface area (TPSA) is 69.2 Å². The van der Waals surface area contributed by atoms with Crippen molar-refractivity contribution in [1.29, 1.82) is 0 Å². The maximum Gasteiger partial charge on any atom is 0.274 e. The van der Waals surface area contributed by atoms with Gasteiger partial charge in [-0.3, -0.25) is 10.1 Å². The zero-order valence-corrected chi connectivity index (χ0v) is 9.91. The third-order valence-corrected chi connectivity index (χ3v) is 2.69. The van der Waals surface area contributed by atoms with Gasteiger partial charge in [0.2, 0.25) is 0 Å². The first-order chi connectivity index (χ1) is 7.56. The number of benzene rings is 1. The standard InChI is InChI=1S/C11H15ClN2O2/c1-2-3-4-10(13)9-7-8(12)5-6-11(9)14(15)16/h5-7,10H,2-4,13H2,1H3/t10-/m0/s1. The van der Waals surface area contributed by atoms with Gasteiger partial charge in [-0.15, -0.1) is 0 Å². The van der Waals surface area contributed by atoms with E-state index in [2.05, 4.69) is 6.92 Å². The maximum absolute atomic E-state index is 10.8. The average molecular weight is 243 g/mol. The molecule has 0 fully saturated rings. The molecule has 0 aliphatic rings. The van der Waals surface area contributed by atoms with Crippen molar-refractivity contribution in [3.63, 3.8) is 0 Å². The van der Waals surface area contributed by atoms with Crippen LogP contribution in [0.3, 0.4) is 0 Å². The Labute approximate surface area is 99.6 Å². The second-order valence-corrected chi connectivity index (χ2v) is 4.15. The van der Waals surface area contributed by atoms with Gasteiger partial charge < -0.3 is 5.73 Å². The normalized spacial score (nSPS) is 12.4. The predicted octanol–water partition coefficient (Wildman–Crippen LogP) is 3.44. The lowest BCUT2D eigenvalue weighted by atomic mass is 10.0. The second-order valence-electron chi connectivity index (χ2n) is 3.71. The molecule has 0 saturated carbocycles. The van der Waals surface area contributed by atoms with Crippen LogP contribution < -0.4 is 5.73 Å². The van der Waals surface area contributed by atoms with Crippen LogP contribution in [0.5, 0.6) is 0 Å². The van der Waals surface area contributed by atoms with Crippen LogP contribution >= 0.6 is 11.6 Å². The summed E-state index contributed by atoms with van der Waals surface area (Å²) >= 11 is 5.82. The predicted molar refractivity (Wildman–Crippen MR) is 64.6 cm³/mol. The van der Waals surface area contributed by atoms with E-state index in [1.54, 1.807) is 6.07 Å². The van der Waals surface area contributed by atoms with E-state index >= 15 is 0 Å². The van der Waals surface area contributed by atoms with Crippen LogP contribution in [0.4, 0.5) is 5.69 Å². The van der Waals surface area contributed by atoms with Gasteiger partial charge >= 0.3 is 0 Å². The molecule has 1 aromatic rings. The summed E-state index contributed by atoms with van der Waals surface area (Å²) in [5.74, 6) is 0. The molecule has 0 aliphatic heterocycles. The average Bonchev–Trinajstić information content (AvgIpc) is 2.25. The molecule has 0 spiro atoms. The van der Waals surface area contributed by atoms with Gasteiger partial charge in [-0.2, -0.15) is 0 Å². The molecule has 0 radical (unpaired) electrons. The van der Waals surface area contributed by atoms with Crippen LogP contribution in [0.25, 0.3) is 0 Å². The molecular weight excluding hydrogens is 228 g/mol. The highest BCUT2D eigenvalue weighted by Crippen LogP contribution is 2.29. The smallest absolute Gasteiger partial charge is 0.274 e. The zero-order chi connectivity index (χ0) is 12.1. The van der Waals surface area contributed by atoms with Crippen LogP contribution in [-0.2, 0) is 0 Å². The lowest BCUT2D eigenvalue weighted by Gasteiger charge is -2.11. The second kappa shape index (κ2) is 5.82. The number of nitrogens with two attached hydrogens (primary N) is 1. The van der Waals surface area contributed by atoms with Crippen LogP contribution in [0.1, 0.15) is 37.8 Å². The number of unbranched alkanes of at least 4 members (excludes halogenated alkanes) is 1. The molecule has 0 bridgehead atoms. The number of nitro benzene ring substituents is 1. The first-order valence-corrected chi connectivity index (χ1v) is 5.63. The molecule has 2 N–H and O–H groups in total. The van der Waals surface area contributed by atoms with Crippen molar-refractivity contribution in [1.82, 2.24) is 0 Å². The van der Waals surface area contributed by atoms with Crippen molar-refractivity contribution >= 4 is 17.3 Å². The number of hydrogen-bond donors (Lipinski definition) is 1. The highest BCUT2D eigenvalue weighted by Gasteiger charge is 2.19. The van der Waals surface area contributed by atoms with E-state index in [1.165, 1.54) is 12.1 Å². The maximum atomic E-state index is 10.8. The molecule has 0 aliphatic carbocycles. The van der Waals surface area contributed by atoms with E-state index in [9.17, 15) is 10.1 Å². The summed E-state index contributed by atoms with van der Waals surface area (Å²) < 4.78 is 0. The molecule has 88 valence electrons. The number of rotatable bonds is 5. The van der Waals surface area contributed by atoms with Crippen LogP contribution in [-0.4, -0.2) is 4.92 Å². The van der Waals surface area contributed by atoms with E-state index in [0.717, 1.165) is 19.3 Å². The molecule has 0 unspecified atom stereocenters. The number of halogens is 1. The largest absolute Gasteiger partial charge is 0.324 e. The van der Waals surface area contributed by atoms with E-state index < -0.39 is 4.92 Å². The first kappa shape index (κ1) is 12.9. The van der Waals surface area contributed by atoms with Gasteiger partial charge in [-0.05, 0) is 18.6 Å². The number of nitrogens with zero attached hydrogens (tertiary/aromatic N) is 1. The molecule has 16 heavy (non-hydrogen) atoms. The minimum Gasteiger partial charge on any atom is -0.324 e. The Morgan fingerprint density at radius 2 is 2.25 bits per heavy atom. The van der Waals surface area contributed by atoms with Gasteiger partial charge in [0.05, 0.1) is 4.92 Å². The van der Waals surface area contributed by atoms with E-state index in [4.69, 9.17) is 17.3 Å². The lowest BCUT2D eigenvalue weighted by Crippen LogP contribution is -2.12. The first-order valence-electron chi connectivity index (χ1n) is 5.25. The Morgan fingerprint density at radius 3 is 2.81 bits per heavy atom. The molecule has 4 nitrogen and oxygen atoms in total. The molecule has 1 atom stereocenters. The van der Waals surface area contributed by atoms with Gasteiger partial charge in [-0.25, -0.2) is 0 Å². The Hall–Kier alpha value is -1.13. The molecular formula is C11H15ClN2O2. The van der Waals surface area contributed by atoms with Gasteiger partial charge in [0.25, 0.3) is 5.69 Å². The van der Waals surface area contributed by atoms with Gasteiger partial charge in [0.15, 0.2) is 0 Å². The summed E-state index contributed by atoms with van der Waals surface area (Å²) in [6.45, 7) is 2.05. The van der Waals surface area contributed by atoms with Crippen molar-refractivity contribution in [2.45, 2.75) is 32.2 Å². The van der Waals surface area contributed by atoms with E-state index in [1.807, 2.05) is 0 Å². The van der Waals surface area contributed by atoms with Gasteiger partial charge in [0.1, 0.15) is 0 Å². The molecule has 1 aromatic carbocycles. The lowest BCUT2D eigenvalue weighted by molar-refractivity contribution is -0.385. The van der Waals surface area contributed by atoms with Crippen LogP contribution in [0.15, 0.2) is 18.2 Å². The van der Waals surface area contributed by atoms with Crippen molar-refractivity contribution in [2.24, 2.45) is 5.73 Å². The van der Waals surface area contributed by atoms with Crippen molar-refractivity contribution < 1.29 is 4.92 Å². The fourth-order valence-electron chi connectivity index (χ4n) is 1.57. The number of nitro groups is 1. The van der Waals surface area contributed by atoms with Crippen molar-refractivity contribution in [3.8, 4) is 0 Å². The summed E-state index contributed by atoms with van der Waals surface area (Å²) in [5.41, 5.74) is 6.49. The molecule has 0 aromatic heterocycles. The molecule has 1 rings (SSSR count). The SMILES string of the molecule is CCCC[C@H](N)c1cc(Cl)ccc1[N+](=O)[O-]. The fourth-order valence-corrected chi connectivity index (χ4v) is 1.75. The molecule has 5 heteroatoms. The summed E-state index contributed by atoms with van der Waals surface area (Å²) in [7, 11) is 0. The van der Waals surface area contributed by atoms with Gasteiger partial charge in [0, 0.05) is 22.7 Å². The van der Waals surface area contributed by atoms with Crippen LogP contribution in [0, 0.1) is 10.1 Å².